The largest absolute Gasteiger partial charge is 0.465 e. The van der Waals surface area contributed by atoms with Crippen LogP contribution >= 0.6 is 0 Å². The second kappa shape index (κ2) is 9.01. The monoisotopic (exact) mass is 401 g/mol. The molecule has 0 saturated carbocycles. The van der Waals surface area contributed by atoms with Crippen molar-refractivity contribution in [1.29, 1.82) is 0 Å². The maximum Gasteiger partial charge on any atom is 0.340 e. The summed E-state index contributed by atoms with van der Waals surface area (Å²) < 4.78 is 4.97. The van der Waals surface area contributed by atoms with Crippen LogP contribution in [0.2, 0.25) is 0 Å². The van der Waals surface area contributed by atoms with E-state index in [0.717, 1.165) is 31.9 Å². The molecule has 1 fully saturated rings. The lowest BCUT2D eigenvalue weighted by atomic mass is 9.96. The van der Waals surface area contributed by atoms with E-state index in [-0.39, 0.29) is 12.0 Å². The highest BCUT2D eigenvalue weighted by atomic mass is 16.5. The molecular weight excluding hydrogens is 374 g/mol. The molecule has 1 aliphatic rings. The van der Waals surface area contributed by atoms with Crippen LogP contribution in [0.25, 0.3) is 0 Å². The van der Waals surface area contributed by atoms with Gasteiger partial charge in [-0.2, -0.15) is 0 Å². The Balaban J connectivity index is 1.57. The fourth-order valence-corrected chi connectivity index (χ4v) is 4.21. The Morgan fingerprint density at radius 1 is 0.867 bits per heavy atom. The average molecular weight is 402 g/mol. The molecule has 154 valence electrons. The van der Waals surface area contributed by atoms with Gasteiger partial charge < -0.3 is 15.4 Å². The zero-order valence-corrected chi connectivity index (χ0v) is 17.2. The predicted octanol–water partition coefficient (Wildman–Crippen LogP) is 3.97. The summed E-state index contributed by atoms with van der Waals surface area (Å²) in [6, 6.07) is 26.9. The smallest absolute Gasteiger partial charge is 0.340 e. The number of benzene rings is 3. The average Bonchev–Trinajstić information content (AvgIpc) is 2.81. The molecule has 0 spiro atoms. The number of hydrogen-bond acceptors (Lipinski definition) is 5. The van der Waals surface area contributed by atoms with Gasteiger partial charge in [-0.05, 0) is 29.3 Å². The lowest BCUT2D eigenvalue weighted by Gasteiger charge is -2.41. The summed E-state index contributed by atoms with van der Waals surface area (Å²) in [7, 11) is 1.40. The first-order chi connectivity index (χ1) is 14.7. The fourth-order valence-electron chi connectivity index (χ4n) is 4.21. The van der Waals surface area contributed by atoms with Crippen LogP contribution in [0.3, 0.4) is 0 Å². The molecule has 0 atom stereocenters. The van der Waals surface area contributed by atoms with Crippen molar-refractivity contribution in [3.05, 3.63) is 95.6 Å². The van der Waals surface area contributed by atoms with E-state index in [1.54, 1.807) is 6.07 Å². The minimum atomic E-state index is -0.355. The van der Waals surface area contributed by atoms with Crippen molar-refractivity contribution in [2.75, 3.05) is 43.9 Å². The van der Waals surface area contributed by atoms with Crippen LogP contribution < -0.4 is 10.6 Å². The van der Waals surface area contributed by atoms with Gasteiger partial charge in [0.25, 0.3) is 0 Å². The number of esters is 1. The van der Waals surface area contributed by atoms with Gasteiger partial charge in [-0.25, -0.2) is 4.79 Å². The Labute approximate surface area is 177 Å². The van der Waals surface area contributed by atoms with Crippen LogP contribution in [0, 0.1) is 0 Å². The van der Waals surface area contributed by atoms with E-state index in [9.17, 15) is 4.79 Å². The molecule has 0 unspecified atom stereocenters. The number of hydrogen-bond donors (Lipinski definition) is 1. The molecule has 5 nitrogen and oxygen atoms in total. The van der Waals surface area contributed by atoms with Crippen molar-refractivity contribution >= 4 is 17.3 Å². The van der Waals surface area contributed by atoms with E-state index in [2.05, 4.69) is 70.5 Å². The lowest BCUT2D eigenvalue weighted by molar-refractivity contribution is 0.0601. The quantitative estimate of drug-likeness (QED) is 0.518. The number of carbonyl (C=O) groups excluding carboxylic acids is 1. The molecular formula is C25H27N3O2. The van der Waals surface area contributed by atoms with E-state index in [1.807, 2.05) is 12.1 Å². The summed E-state index contributed by atoms with van der Waals surface area (Å²) in [4.78, 5) is 17.0. The number of nitrogens with zero attached hydrogens (tertiary/aromatic N) is 2. The maximum atomic E-state index is 12.3. The minimum absolute atomic E-state index is 0.209. The zero-order chi connectivity index (χ0) is 20.9. The highest BCUT2D eigenvalue weighted by molar-refractivity contribution is 5.97. The molecule has 5 heteroatoms. The molecule has 30 heavy (non-hydrogen) atoms. The molecule has 0 aliphatic carbocycles. The van der Waals surface area contributed by atoms with E-state index in [4.69, 9.17) is 10.5 Å². The van der Waals surface area contributed by atoms with E-state index in [0.29, 0.717) is 11.3 Å². The molecule has 3 aromatic rings. The maximum absolute atomic E-state index is 12.3. The van der Waals surface area contributed by atoms with E-state index < -0.39 is 0 Å². The highest BCUT2D eigenvalue weighted by Gasteiger charge is 2.28. The van der Waals surface area contributed by atoms with Crippen LogP contribution in [0.15, 0.2) is 78.9 Å². The molecule has 1 saturated heterocycles. The minimum Gasteiger partial charge on any atom is -0.465 e. The van der Waals surface area contributed by atoms with Crippen LogP contribution in [0.5, 0.6) is 0 Å². The number of ether oxygens (including phenoxy) is 1. The summed E-state index contributed by atoms with van der Waals surface area (Å²) in [5.41, 5.74) is 10.5. The van der Waals surface area contributed by atoms with Gasteiger partial charge in [-0.1, -0.05) is 60.7 Å². The van der Waals surface area contributed by atoms with Crippen molar-refractivity contribution < 1.29 is 9.53 Å². The van der Waals surface area contributed by atoms with Crippen molar-refractivity contribution in [2.45, 2.75) is 6.04 Å². The molecule has 4 rings (SSSR count). The molecule has 3 aromatic carbocycles. The molecule has 0 amide bonds. The number of nitrogens with two attached hydrogens (primary N) is 1. The number of anilines is 2. The van der Waals surface area contributed by atoms with Crippen LogP contribution in [0.1, 0.15) is 27.5 Å². The summed E-state index contributed by atoms with van der Waals surface area (Å²) in [6.07, 6.45) is 0. The topological polar surface area (TPSA) is 58.8 Å². The van der Waals surface area contributed by atoms with Crippen molar-refractivity contribution in [1.82, 2.24) is 4.90 Å². The third-order valence-corrected chi connectivity index (χ3v) is 5.68. The number of piperazine rings is 1. The summed E-state index contributed by atoms with van der Waals surface area (Å²) in [5, 5.41) is 0. The normalized spacial score (nSPS) is 14.7. The van der Waals surface area contributed by atoms with E-state index in [1.165, 1.54) is 18.2 Å². The Morgan fingerprint density at radius 3 is 1.97 bits per heavy atom. The number of rotatable bonds is 5. The van der Waals surface area contributed by atoms with Crippen LogP contribution in [0.4, 0.5) is 11.4 Å². The predicted molar refractivity (Wildman–Crippen MR) is 121 cm³/mol. The second-order valence-electron chi connectivity index (χ2n) is 7.52. The van der Waals surface area contributed by atoms with Crippen molar-refractivity contribution in [2.24, 2.45) is 0 Å². The van der Waals surface area contributed by atoms with Gasteiger partial charge in [0.1, 0.15) is 0 Å². The summed E-state index contributed by atoms with van der Waals surface area (Å²) in [6.45, 7) is 3.42. The van der Waals surface area contributed by atoms with Crippen LogP contribution in [-0.4, -0.2) is 44.2 Å². The van der Waals surface area contributed by atoms with Gasteiger partial charge in [0, 0.05) is 31.9 Å². The van der Waals surface area contributed by atoms with Gasteiger partial charge in [0.05, 0.1) is 24.4 Å². The second-order valence-corrected chi connectivity index (χ2v) is 7.52. The lowest BCUT2D eigenvalue weighted by Crippen LogP contribution is -2.48. The molecule has 0 bridgehead atoms. The Kier molecular flexibility index (Phi) is 6.00. The summed E-state index contributed by atoms with van der Waals surface area (Å²) in [5.74, 6) is -0.355. The van der Waals surface area contributed by atoms with Gasteiger partial charge in [-0.15, -0.1) is 0 Å². The first kappa shape index (κ1) is 20.0. The third kappa shape index (κ3) is 4.16. The van der Waals surface area contributed by atoms with Gasteiger partial charge >= 0.3 is 5.97 Å². The Hall–Kier alpha value is -3.31. The number of carbonyl (C=O) groups is 1. The molecule has 1 heterocycles. The van der Waals surface area contributed by atoms with Crippen molar-refractivity contribution in [3.63, 3.8) is 0 Å². The third-order valence-electron chi connectivity index (χ3n) is 5.68. The molecule has 1 aliphatic heterocycles. The molecule has 0 aromatic heterocycles. The van der Waals surface area contributed by atoms with Gasteiger partial charge in [0.15, 0.2) is 0 Å². The van der Waals surface area contributed by atoms with Crippen molar-refractivity contribution in [3.8, 4) is 0 Å². The number of methoxy groups -OCH3 is 1. The molecule has 2 N–H and O–H groups in total. The zero-order valence-electron chi connectivity index (χ0n) is 17.2. The Morgan fingerprint density at radius 2 is 1.43 bits per heavy atom. The number of nitrogen functional groups attached to an aromatic ring is 1. The van der Waals surface area contributed by atoms with Gasteiger partial charge in [-0.3, -0.25) is 4.90 Å². The highest BCUT2D eigenvalue weighted by Crippen LogP contribution is 2.31. The van der Waals surface area contributed by atoms with Gasteiger partial charge in [0.2, 0.25) is 0 Å². The van der Waals surface area contributed by atoms with Crippen LogP contribution in [-0.2, 0) is 4.74 Å². The fraction of sp³-hybridized carbons (Fsp3) is 0.240. The summed E-state index contributed by atoms with van der Waals surface area (Å²) >= 11 is 0. The first-order valence-electron chi connectivity index (χ1n) is 10.2. The standard InChI is InChI=1S/C25H27N3O2/c1-30-25(29)22-18-21(26)12-13-23(22)27-14-16-28(17-15-27)24(19-8-4-2-5-9-19)20-10-6-3-7-11-20/h2-13,18,24H,14-17,26H2,1H3. The first-order valence-corrected chi connectivity index (χ1v) is 10.2. The molecule has 0 radical (unpaired) electrons. The van der Waals surface area contributed by atoms with E-state index >= 15 is 0 Å². The SMILES string of the molecule is COC(=O)c1cc(N)ccc1N1CCN(C(c2ccccc2)c2ccccc2)CC1. The Bertz CT molecular complexity index is 944.